The zero-order valence-electron chi connectivity index (χ0n) is 31.7. The first-order valence-electron chi connectivity index (χ1n) is 19.1. The molecule has 0 radical (unpaired) electrons. The molecule has 6 atom stereocenters. The van der Waals surface area contributed by atoms with Crippen LogP contribution in [0.3, 0.4) is 0 Å². The molecule has 1 fully saturated rings. The van der Waals surface area contributed by atoms with E-state index in [0.717, 1.165) is 25.9 Å². The number of nitrogens with zero attached hydrogens (tertiary/aromatic N) is 2. The third-order valence-electron chi connectivity index (χ3n) is 10.2. The normalized spacial score (nSPS) is 23.8. The van der Waals surface area contributed by atoms with Crippen LogP contribution in [0, 0.1) is 0 Å². The minimum atomic E-state index is -1.44. The van der Waals surface area contributed by atoms with E-state index in [2.05, 4.69) is 41.8 Å². The van der Waals surface area contributed by atoms with Gasteiger partial charge in [-0.15, -0.1) is 0 Å². The molecule has 0 aromatic heterocycles. The largest absolute Gasteiger partial charge is 0.547 e. The fraction of sp³-hybridized carbons (Fsp3) is 0.947. The Morgan fingerprint density at radius 1 is 0.543 bits per heavy atom. The summed E-state index contributed by atoms with van der Waals surface area (Å²) >= 11 is 0. The van der Waals surface area contributed by atoms with Gasteiger partial charge >= 0.3 is 0 Å². The highest BCUT2D eigenvalue weighted by Crippen LogP contribution is 2.28. The number of unbranched alkanes of at least 4 members (excludes halogenated alkanes) is 18. The van der Waals surface area contributed by atoms with E-state index in [0.29, 0.717) is 0 Å². The van der Waals surface area contributed by atoms with Gasteiger partial charge in [0.15, 0.2) is 0 Å². The van der Waals surface area contributed by atoms with Crippen molar-refractivity contribution in [2.45, 2.75) is 194 Å². The van der Waals surface area contributed by atoms with Crippen molar-refractivity contribution in [3.05, 3.63) is 0 Å². The van der Waals surface area contributed by atoms with Gasteiger partial charge in [-0.3, -0.25) is 0 Å². The van der Waals surface area contributed by atoms with Gasteiger partial charge in [-0.1, -0.05) is 117 Å². The number of piperazine rings is 1. The Hall–Kier alpha value is -1.22. The van der Waals surface area contributed by atoms with Crippen LogP contribution < -0.4 is 10.2 Å². The average Bonchev–Trinajstić information content (AvgIpc) is 2.99. The summed E-state index contributed by atoms with van der Waals surface area (Å²) in [5.74, 6) is -2.87. The number of carboxylic acid groups (broad SMARTS) is 2. The van der Waals surface area contributed by atoms with Crippen molar-refractivity contribution in [3.8, 4) is 0 Å². The van der Waals surface area contributed by atoms with E-state index < -0.39 is 24.1 Å². The Morgan fingerprint density at radius 2 is 0.739 bits per heavy atom. The topological polar surface area (TPSA) is 121 Å². The van der Waals surface area contributed by atoms with Crippen LogP contribution in [0.1, 0.15) is 170 Å². The molecule has 1 aliphatic heterocycles. The molecule has 0 aromatic rings. The number of rotatable bonds is 24. The number of hydrogen-bond acceptors (Lipinski definition) is 6. The number of aliphatic hydroxyl groups is 2. The molecule has 0 aromatic carbocycles. The standard InChI is InChI=1S/C32H68N2.2C3H6O3/c1-7-9-11-13-15-17-19-21-23-25-27-33(5)29-32(4)34(6,30-31(33)3)28-26-24-22-20-18-16-14-12-10-8-2;2*1-2(4)3(5)6/h31-32H,7-30H2,1-6H3;2*2,4H,1H3,(H,5,6)/q+2;;/p-2. The molecule has 0 spiro atoms. The number of carbonyl (C=O) groups is 2. The Bertz CT molecular complexity index is 674. The molecular formula is C38H78N2O6. The minimum absolute atomic E-state index is 0.808. The summed E-state index contributed by atoms with van der Waals surface area (Å²) in [4.78, 5) is 18.7. The van der Waals surface area contributed by atoms with Gasteiger partial charge in [0, 0.05) is 0 Å². The lowest BCUT2D eigenvalue weighted by atomic mass is 9.99. The highest BCUT2D eigenvalue weighted by molar-refractivity contribution is 5.69. The summed E-state index contributed by atoms with van der Waals surface area (Å²) in [5, 5.41) is 34.6. The van der Waals surface area contributed by atoms with Gasteiger partial charge in [0.1, 0.15) is 25.2 Å². The van der Waals surface area contributed by atoms with Crippen molar-refractivity contribution in [1.29, 1.82) is 0 Å². The molecule has 8 nitrogen and oxygen atoms in total. The van der Waals surface area contributed by atoms with Gasteiger partial charge in [-0.05, 0) is 53.4 Å². The smallest absolute Gasteiger partial charge is 0.136 e. The molecule has 0 amide bonds. The molecule has 1 aliphatic rings. The zero-order valence-corrected chi connectivity index (χ0v) is 31.7. The summed E-state index contributed by atoms with van der Waals surface area (Å²) in [7, 11) is 5.14. The number of likely N-dealkylation sites (N-methyl/N-ethyl adjacent to an activating group) is 2. The quantitative estimate of drug-likeness (QED) is 0.101. The maximum Gasteiger partial charge on any atom is 0.136 e. The van der Waals surface area contributed by atoms with Crippen molar-refractivity contribution in [3.63, 3.8) is 0 Å². The monoisotopic (exact) mass is 659 g/mol. The second kappa shape index (κ2) is 28.8. The first-order chi connectivity index (χ1) is 21.7. The highest BCUT2D eigenvalue weighted by atomic mass is 16.4. The summed E-state index contributed by atoms with van der Waals surface area (Å²) in [5.41, 5.74) is 0. The second-order valence-corrected chi connectivity index (χ2v) is 14.8. The van der Waals surface area contributed by atoms with Crippen molar-refractivity contribution < 1.29 is 39.0 Å². The van der Waals surface area contributed by atoms with Crippen molar-refractivity contribution in [2.24, 2.45) is 0 Å². The number of aliphatic hydroxyl groups excluding tert-OH is 2. The number of carboxylic acids is 2. The molecule has 46 heavy (non-hydrogen) atoms. The molecule has 0 aliphatic carbocycles. The molecule has 2 N–H and O–H groups in total. The van der Waals surface area contributed by atoms with Gasteiger partial charge in [-0.2, -0.15) is 0 Å². The maximum absolute atomic E-state index is 9.34. The lowest BCUT2D eigenvalue weighted by Gasteiger charge is -2.54. The second-order valence-electron chi connectivity index (χ2n) is 14.8. The van der Waals surface area contributed by atoms with Gasteiger partial charge in [0.25, 0.3) is 0 Å². The van der Waals surface area contributed by atoms with E-state index in [1.807, 2.05) is 0 Å². The summed E-state index contributed by atoms with van der Waals surface area (Å²) in [6.45, 7) is 17.6. The third-order valence-corrected chi connectivity index (χ3v) is 10.2. The molecule has 6 unspecified atom stereocenters. The van der Waals surface area contributed by atoms with Crippen LogP contribution in [0.25, 0.3) is 0 Å². The van der Waals surface area contributed by atoms with Crippen LogP contribution in [-0.4, -0.2) is 95.7 Å². The van der Waals surface area contributed by atoms with E-state index in [4.69, 9.17) is 10.2 Å². The zero-order chi connectivity index (χ0) is 35.4. The van der Waals surface area contributed by atoms with Crippen molar-refractivity contribution >= 4 is 11.9 Å². The number of quaternary nitrogens is 2. The van der Waals surface area contributed by atoms with E-state index in [-0.39, 0.29) is 0 Å². The molecule has 0 bridgehead atoms. The SMILES string of the molecule is CC(O)C(=O)[O-].CC(O)C(=O)[O-].CCCCCCCCCCCC[N+]1(C)CC(C)[N+](C)(CCCCCCCCCCCC)CC1C. The Morgan fingerprint density at radius 3 is 0.935 bits per heavy atom. The van der Waals surface area contributed by atoms with Crippen LogP contribution in [0.2, 0.25) is 0 Å². The predicted octanol–water partition coefficient (Wildman–Crippen LogP) is 5.75. The summed E-state index contributed by atoms with van der Waals surface area (Å²) < 4.78 is 2.65. The lowest BCUT2D eigenvalue weighted by Crippen LogP contribution is -2.72. The molecule has 1 heterocycles. The van der Waals surface area contributed by atoms with Gasteiger partial charge in [-0.25, -0.2) is 0 Å². The summed E-state index contributed by atoms with van der Waals surface area (Å²) in [6.07, 6.45) is 26.3. The number of aliphatic carboxylic acids is 2. The Labute approximate surface area is 285 Å². The van der Waals surface area contributed by atoms with Crippen LogP contribution in [0.5, 0.6) is 0 Å². The van der Waals surface area contributed by atoms with Crippen molar-refractivity contribution in [2.75, 3.05) is 40.3 Å². The fourth-order valence-electron chi connectivity index (χ4n) is 6.51. The highest BCUT2D eigenvalue weighted by Gasteiger charge is 2.46. The van der Waals surface area contributed by atoms with Gasteiger partial charge in [0.2, 0.25) is 0 Å². The van der Waals surface area contributed by atoms with Crippen LogP contribution in [0.15, 0.2) is 0 Å². The van der Waals surface area contributed by atoms with Crippen LogP contribution in [0.4, 0.5) is 0 Å². The minimum Gasteiger partial charge on any atom is -0.547 e. The number of carbonyl (C=O) groups excluding carboxylic acids is 2. The van der Waals surface area contributed by atoms with Crippen LogP contribution >= 0.6 is 0 Å². The predicted molar refractivity (Wildman–Crippen MR) is 188 cm³/mol. The van der Waals surface area contributed by atoms with Crippen LogP contribution in [-0.2, 0) is 9.59 Å². The lowest BCUT2D eigenvalue weighted by molar-refractivity contribution is -1.05. The van der Waals surface area contributed by atoms with E-state index >= 15 is 0 Å². The molecule has 1 saturated heterocycles. The fourth-order valence-corrected chi connectivity index (χ4v) is 6.51. The first-order valence-corrected chi connectivity index (χ1v) is 19.1. The first kappa shape index (κ1) is 46.9. The molecular weight excluding hydrogens is 580 g/mol. The van der Waals surface area contributed by atoms with E-state index in [1.54, 1.807) is 0 Å². The maximum atomic E-state index is 9.34. The van der Waals surface area contributed by atoms with Gasteiger partial charge < -0.3 is 39.0 Å². The number of hydrogen-bond donors (Lipinski definition) is 2. The average molecular weight is 659 g/mol. The Balaban J connectivity index is 0. The summed E-state index contributed by atoms with van der Waals surface area (Å²) in [6, 6.07) is 1.62. The van der Waals surface area contributed by atoms with E-state index in [1.165, 1.54) is 164 Å². The molecule has 1 rings (SSSR count). The third kappa shape index (κ3) is 24.9. The molecule has 0 saturated carbocycles. The molecule has 276 valence electrons. The van der Waals surface area contributed by atoms with E-state index in [9.17, 15) is 19.8 Å². The molecule has 8 heteroatoms. The van der Waals surface area contributed by atoms with Crippen molar-refractivity contribution in [1.82, 2.24) is 0 Å². The van der Waals surface area contributed by atoms with Gasteiger partial charge in [0.05, 0.1) is 51.3 Å². The Kier molecular flexibility index (Phi) is 29.3.